The minimum atomic E-state index is -4.02. The molecule has 0 spiro atoms. The van der Waals surface area contributed by atoms with Crippen molar-refractivity contribution in [2.45, 2.75) is 11.8 Å². The fourth-order valence-electron chi connectivity index (χ4n) is 2.04. The lowest BCUT2D eigenvalue weighted by Crippen LogP contribution is -2.27. The lowest BCUT2D eigenvalue weighted by molar-refractivity contribution is 0.232. The van der Waals surface area contributed by atoms with E-state index in [0.717, 1.165) is 5.56 Å². The monoisotopic (exact) mass is 440 g/mol. The van der Waals surface area contributed by atoms with Gasteiger partial charge in [0, 0.05) is 11.6 Å². The Bertz CT molecular complexity index is 990. The number of benzene rings is 2. The van der Waals surface area contributed by atoms with Crippen LogP contribution in [0.3, 0.4) is 0 Å². The Labute approximate surface area is 174 Å². The highest BCUT2D eigenvalue weighted by atomic mass is 32.2. The maximum absolute atomic E-state index is 10.5. The first-order valence-corrected chi connectivity index (χ1v) is 9.71. The van der Waals surface area contributed by atoms with E-state index < -0.39 is 10.1 Å². The predicted octanol–water partition coefficient (Wildman–Crippen LogP) is 1.58. The van der Waals surface area contributed by atoms with Gasteiger partial charge in [0.1, 0.15) is 5.75 Å². The lowest BCUT2D eigenvalue weighted by atomic mass is 10.2. The first kappa shape index (κ1) is 24.7. The average molecular weight is 440 g/mol. The molecule has 30 heavy (non-hydrogen) atoms. The normalized spacial score (nSPS) is 11.5. The van der Waals surface area contributed by atoms with Crippen molar-refractivity contribution in [1.29, 1.82) is 0 Å². The molecule has 0 saturated carbocycles. The average Bonchev–Trinajstić information content (AvgIpc) is 2.73. The molecule has 11 nitrogen and oxygen atoms in total. The summed E-state index contributed by atoms with van der Waals surface area (Å²) in [6.07, 6.45) is 1.41. The van der Waals surface area contributed by atoms with E-state index >= 15 is 0 Å². The van der Waals surface area contributed by atoms with Crippen LogP contribution in [0.15, 0.2) is 51.5 Å². The summed E-state index contributed by atoms with van der Waals surface area (Å²) < 4.78 is 45.1. The number of methoxy groups -OCH3 is 3. The molecule has 0 unspecified atom stereocenters. The predicted molar refractivity (Wildman–Crippen MR) is 111 cm³/mol. The van der Waals surface area contributed by atoms with E-state index in [9.17, 15) is 8.42 Å². The minimum absolute atomic E-state index is 0.0666. The molecule has 0 aliphatic carbocycles. The van der Waals surface area contributed by atoms with Gasteiger partial charge < -0.3 is 19.9 Å². The zero-order chi connectivity index (χ0) is 22.7. The van der Waals surface area contributed by atoms with Crippen molar-refractivity contribution in [2.24, 2.45) is 15.9 Å². The third kappa shape index (κ3) is 7.58. The molecule has 0 aliphatic rings. The van der Waals surface area contributed by atoms with Crippen molar-refractivity contribution in [3.05, 3.63) is 47.5 Å². The molecule has 0 radical (unpaired) electrons. The second-order valence-electron chi connectivity index (χ2n) is 5.58. The maximum Gasteiger partial charge on any atom is 0.294 e. The summed E-state index contributed by atoms with van der Waals surface area (Å²) in [6.45, 7) is 1.84. The molecular weight excluding hydrogens is 416 g/mol. The van der Waals surface area contributed by atoms with Gasteiger partial charge in [0.15, 0.2) is 11.5 Å². The smallest absolute Gasteiger partial charge is 0.294 e. The van der Waals surface area contributed by atoms with E-state index in [2.05, 4.69) is 10.2 Å². The standard InChI is InChI=1S/C11H16N4O4.C7H8O3S/c1-17-8-5-10(19-3)9(18-2)4-7(8)6-13-14-11(12)15-16;1-6-2-4-7(5-3-6)11(8,9)10/h4-6,16H,1-3H3,(H3,12,14,15);2-5H,1H3,(H,8,9,10). The largest absolute Gasteiger partial charge is 0.496 e. The third-order valence-electron chi connectivity index (χ3n) is 3.53. The molecule has 2 aromatic carbocycles. The van der Waals surface area contributed by atoms with Gasteiger partial charge in [0.2, 0.25) is 5.96 Å². The van der Waals surface area contributed by atoms with Gasteiger partial charge in [-0.3, -0.25) is 9.76 Å². The van der Waals surface area contributed by atoms with Gasteiger partial charge in [-0.1, -0.05) is 17.7 Å². The van der Waals surface area contributed by atoms with Crippen LogP contribution in [-0.2, 0) is 10.1 Å². The van der Waals surface area contributed by atoms with Crippen LogP contribution in [0.5, 0.6) is 17.2 Å². The Kier molecular flexibility index (Phi) is 9.55. The van der Waals surface area contributed by atoms with Crippen molar-refractivity contribution >= 4 is 22.3 Å². The molecular formula is C18H24N4O7S. The lowest BCUT2D eigenvalue weighted by Gasteiger charge is -2.11. The van der Waals surface area contributed by atoms with Gasteiger partial charge in [-0.25, -0.2) is 5.48 Å². The quantitative estimate of drug-likeness (QED) is 0.226. The number of nitrogens with one attached hydrogen (secondary N) is 1. The maximum atomic E-state index is 10.5. The van der Waals surface area contributed by atoms with Gasteiger partial charge in [0.05, 0.1) is 32.4 Å². The molecule has 2 aromatic rings. The molecule has 0 fully saturated rings. The highest BCUT2D eigenvalue weighted by Gasteiger charge is 2.10. The van der Waals surface area contributed by atoms with Crippen LogP contribution in [0.4, 0.5) is 0 Å². The van der Waals surface area contributed by atoms with Crippen molar-refractivity contribution in [3.8, 4) is 17.2 Å². The number of nitrogens with zero attached hydrogens (tertiary/aromatic N) is 2. The topological polar surface area (TPSA) is 165 Å². The van der Waals surface area contributed by atoms with E-state index in [1.165, 1.54) is 39.7 Å². The van der Waals surface area contributed by atoms with Crippen LogP contribution in [0.2, 0.25) is 0 Å². The zero-order valence-electron chi connectivity index (χ0n) is 16.9. The number of hydroxylamine groups is 1. The van der Waals surface area contributed by atoms with E-state index in [4.69, 9.17) is 29.7 Å². The molecule has 0 heterocycles. The van der Waals surface area contributed by atoms with E-state index in [1.807, 2.05) is 6.92 Å². The summed E-state index contributed by atoms with van der Waals surface area (Å²) in [5.74, 6) is 1.38. The highest BCUT2D eigenvalue weighted by Crippen LogP contribution is 2.33. The van der Waals surface area contributed by atoms with Crippen LogP contribution in [0, 0.1) is 6.92 Å². The number of ether oxygens (including phenoxy) is 3. The molecule has 0 atom stereocenters. The van der Waals surface area contributed by atoms with E-state index in [-0.39, 0.29) is 10.9 Å². The van der Waals surface area contributed by atoms with Gasteiger partial charge in [-0.2, -0.15) is 13.5 Å². The van der Waals surface area contributed by atoms with Crippen LogP contribution < -0.4 is 25.4 Å². The fraction of sp³-hybridized carbons (Fsp3) is 0.222. The van der Waals surface area contributed by atoms with Crippen molar-refractivity contribution in [1.82, 2.24) is 5.48 Å². The molecule has 0 aliphatic heterocycles. The number of guanidine groups is 1. The summed E-state index contributed by atoms with van der Waals surface area (Å²) in [5, 5.41) is 15.6. The van der Waals surface area contributed by atoms with Crippen LogP contribution >= 0.6 is 0 Å². The molecule has 2 rings (SSSR count). The minimum Gasteiger partial charge on any atom is -0.496 e. The molecule has 12 heteroatoms. The summed E-state index contributed by atoms with van der Waals surface area (Å²) >= 11 is 0. The highest BCUT2D eigenvalue weighted by molar-refractivity contribution is 7.85. The number of hydrogen-bond acceptors (Lipinski definition) is 8. The molecule has 0 amide bonds. The second-order valence-corrected chi connectivity index (χ2v) is 7.00. The van der Waals surface area contributed by atoms with Gasteiger partial charge in [-0.05, 0) is 25.1 Å². The van der Waals surface area contributed by atoms with Gasteiger partial charge in [-0.15, -0.1) is 5.10 Å². The van der Waals surface area contributed by atoms with Crippen molar-refractivity contribution in [2.75, 3.05) is 21.3 Å². The first-order chi connectivity index (χ1) is 14.2. The van der Waals surface area contributed by atoms with Gasteiger partial charge >= 0.3 is 0 Å². The number of nitrogens with two attached hydrogens (primary N) is 1. The van der Waals surface area contributed by atoms with Crippen LogP contribution in [0.1, 0.15) is 11.1 Å². The Hall–Kier alpha value is -3.35. The Morgan fingerprint density at radius 3 is 2.03 bits per heavy atom. The molecule has 0 aromatic heterocycles. The fourth-order valence-corrected chi connectivity index (χ4v) is 2.52. The molecule has 0 saturated heterocycles. The van der Waals surface area contributed by atoms with Crippen molar-refractivity contribution < 1.29 is 32.4 Å². The molecule has 0 bridgehead atoms. The van der Waals surface area contributed by atoms with E-state index in [0.29, 0.717) is 22.8 Å². The molecule has 164 valence electrons. The number of rotatable bonds is 6. The zero-order valence-corrected chi connectivity index (χ0v) is 17.7. The summed E-state index contributed by atoms with van der Waals surface area (Å²) in [6, 6.07) is 9.33. The SMILES string of the molecule is COc1cc(OC)c(OC)cc1C=N/N=C(\N)NO.Cc1ccc(S(=O)(=O)O)cc1. The Morgan fingerprint density at radius 1 is 1.03 bits per heavy atom. The summed E-state index contributed by atoms with van der Waals surface area (Å²) in [5.41, 5.74) is 8.44. The molecule has 5 N–H and O–H groups in total. The third-order valence-corrected chi connectivity index (χ3v) is 4.40. The second kappa shape index (κ2) is 11.6. The Balaban J connectivity index is 0.000000346. The number of aryl methyl sites for hydroxylation is 1. The Morgan fingerprint density at radius 2 is 1.57 bits per heavy atom. The van der Waals surface area contributed by atoms with Gasteiger partial charge in [0.25, 0.3) is 10.1 Å². The summed E-state index contributed by atoms with van der Waals surface area (Å²) in [4.78, 5) is -0.0666. The summed E-state index contributed by atoms with van der Waals surface area (Å²) in [7, 11) is 0.555. The first-order valence-electron chi connectivity index (χ1n) is 8.27. The van der Waals surface area contributed by atoms with Crippen LogP contribution in [-0.4, -0.2) is 51.7 Å². The van der Waals surface area contributed by atoms with Crippen LogP contribution in [0.25, 0.3) is 0 Å². The van der Waals surface area contributed by atoms with E-state index in [1.54, 1.807) is 29.7 Å². The van der Waals surface area contributed by atoms with Crippen molar-refractivity contribution in [3.63, 3.8) is 0 Å². The number of hydrogen-bond donors (Lipinski definition) is 4.